The normalized spacial score (nSPS) is 11.8. The number of benzene rings is 5. The first-order valence-electron chi connectivity index (χ1n) is 13.9. The fourth-order valence-corrected chi connectivity index (χ4v) is 6.11. The molecule has 42 heavy (non-hydrogen) atoms. The van der Waals surface area contributed by atoms with Gasteiger partial charge in [-0.05, 0) is 52.7 Å². The summed E-state index contributed by atoms with van der Waals surface area (Å²) in [6.45, 7) is 0. The Morgan fingerprint density at radius 3 is 2.19 bits per heavy atom. The molecule has 4 aromatic heterocycles. The van der Waals surface area contributed by atoms with Gasteiger partial charge in [0.05, 0.1) is 11.0 Å². The van der Waals surface area contributed by atoms with E-state index in [1.807, 2.05) is 42.6 Å². The van der Waals surface area contributed by atoms with Crippen molar-refractivity contribution < 1.29 is 4.42 Å². The molecule has 0 unspecified atom stereocenters. The van der Waals surface area contributed by atoms with Gasteiger partial charge in [-0.15, -0.1) is 0 Å². The molecular formula is C37H22N4O. The lowest BCUT2D eigenvalue weighted by Gasteiger charge is -2.12. The van der Waals surface area contributed by atoms with E-state index in [0.29, 0.717) is 5.71 Å². The maximum atomic E-state index is 6.43. The Balaban J connectivity index is 1.39. The van der Waals surface area contributed by atoms with Crippen LogP contribution in [0.15, 0.2) is 138 Å². The molecule has 0 bridgehead atoms. The van der Waals surface area contributed by atoms with Gasteiger partial charge in [0, 0.05) is 39.7 Å². The van der Waals surface area contributed by atoms with E-state index in [9.17, 15) is 0 Å². The minimum Gasteiger partial charge on any atom is -0.436 e. The van der Waals surface area contributed by atoms with Crippen LogP contribution in [0.3, 0.4) is 0 Å². The van der Waals surface area contributed by atoms with E-state index in [-0.39, 0.29) is 0 Å². The maximum absolute atomic E-state index is 6.43. The van der Waals surface area contributed by atoms with Crippen LogP contribution in [0.4, 0.5) is 0 Å². The average Bonchev–Trinajstić information content (AvgIpc) is 3.58. The van der Waals surface area contributed by atoms with E-state index < -0.39 is 0 Å². The number of rotatable bonds is 3. The maximum Gasteiger partial charge on any atom is 0.248 e. The molecule has 9 aromatic rings. The molecule has 0 saturated heterocycles. The van der Waals surface area contributed by atoms with Crippen LogP contribution in [0, 0.1) is 0 Å². The minimum absolute atomic E-state index is 0.509. The summed E-state index contributed by atoms with van der Waals surface area (Å²) in [6.07, 6.45) is 3.64. The molecule has 196 valence electrons. The van der Waals surface area contributed by atoms with Gasteiger partial charge in [0.15, 0.2) is 5.82 Å². The van der Waals surface area contributed by atoms with Crippen molar-refractivity contribution in [2.75, 3.05) is 0 Å². The smallest absolute Gasteiger partial charge is 0.248 e. The van der Waals surface area contributed by atoms with Crippen LogP contribution in [0.1, 0.15) is 0 Å². The summed E-state index contributed by atoms with van der Waals surface area (Å²) in [5.41, 5.74) is 8.02. The van der Waals surface area contributed by atoms with Crippen molar-refractivity contribution in [1.29, 1.82) is 0 Å². The Hall–Kier alpha value is -5.81. The van der Waals surface area contributed by atoms with E-state index in [0.717, 1.165) is 55.7 Å². The van der Waals surface area contributed by atoms with Gasteiger partial charge >= 0.3 is 0 Å². The van der Waals surface area contributed by atoms with Crippen molar-refractivity contribution in [3.05, 3.63) is 134 Å². The van der Waals surface area contributed by atoms with Gasteiger partial charge in [-0.2, -0.15) is 4.98 Å². The quantitative estimate of drug-likeness (QED) is 0.225. The van der Waals surface area contributed by atoms with Crippen molar-refractivity contribution in [3.63, 3.8) is 0 Å². The molecule has 0 saturated carbocycles. The summed E-state index contributed by atoms with van der Waals surface area (Å²) >= 11 is 0. The number of hydrogen-bond donors (Lipinski definition) is 0. The van der Waals surface area contributed by atoms with Crippen molar-refractivity contribution >= 4 is 54.8 Å². The first kappa shape index (κ1) is 22.9. The number of fused-ring (bicyclic) bond motifs is 7. The van der Waals surface area contributed by atoms with Gasteiger partial charge in [0.1, 0.15) is 16.8 Å². The molecular weight excluding hydrogens is 516 g/mol. The van der Waals surface area contributed by atoms with Gasteiger partial charge in [0.25, 0.3) is 0 Å². The highest BCUT2D eigenvalue weighted by molar-refractivity contribution is 6.14. The van der Waals surface area contributed by atoms with Crippen LogP contribution in [-0.2, 0) is 0 Å². The molecule has 4 heterocycles. The third-order valence-electron chi connectivity index (χ3n) is 8.08. The Morgan fingerprint density at radius 2 is 1.33 bits per heavy atom. The standard InChI is InChI=1S/C37H22N4O/c1-2-9-23(10-3-1)34-36(40-37-35(39-34)29-17-16-26(21-33(29)42-37)27-13-8-18-38-22-27)41-31-15-7-6-14-28(31)30-19-24-11-4-5-12-25(24)20-32(30)41/h1-22H. The Bertz CT molecular complexity index is 2460. The van der Waals surface area contributed by atoms with Crippen molar-refractivity contribution in [2.45, 2.75) is 0 Å². The van der Waals surface area contributed by atoms with E-state index in [1.54, 1.807) is 6.20 Å². The average molecular weight is 539 g/mol. The Labute approximate surface area is 240 Å². The van der Waals surface area contributed by atoms with Gasteiger partial charge < -0.3 is 4.42 Å². The highest BCUT2D eigenvalue weighted by Crippen LogP contribution is 2.39. The highest BCUT2D eigenvalue weighted by atomic mass is 16.3. The number of hydrogen-bond acceptors (Lipinski definition) is 4. The molecule has 0 atom stereocenters. The lowest BCUT2D eigenvalue weighted by atomic mass is 10.1. The summed E-state index contributed by atoms with van der Waals surface area (Å²) < 4.78 is 8.67. The molecule has 0 spiro atoms. The third kappa shape index (κ3) is 3.40. The van der Waals surface area contributed by atoms with Crippen molar-refractivity contribution in [1.82, 2.24) is 19.5 Å². The fraction of sp³-hybridized carbons (Fsp3) is 0. The number of nitrogens with zero attached hydrogens (tertiary/aromatic N) is 4. The Morgan fingerprint density at radius 1 is 0.548 bits per heavy atom. The van der Waals surface area contributed by atoms with E-state index in [1.165, 1.54) is 21.5 Å². The van der Waals surface area contributed by atoms with Crippen LogP contribution in [-0.4, -0.2) is 19.5 Å². The van der Waals surface area contributed by atoms with Crippen molar-refractivity contribution in [3.8, 4) is 28.2 Å². The van der Waals surface area contributed by atoms with Gasteiger partial charge in [-0.3, -0.25) is 9.55 Å². The number of para-hydroxylation sites is 1. The van der Waals surface area contributed by atoms with Gasteiger partial charge in [-0.1, -0.05) is 84.9 Å². The van der Waals surface area contributed by atoms with Crippen LogP contribution in [0.2, 0.25) is 0 Å². The molecule has 0 radical (unpaired) electrons. The van der Waals surface area contributed by atoms with Crippen LogP contribution < -0.4 is 0 Å². The van der Waals surface area contributed by atoms with Crippen LogP contribution in [0.25, 0.3) is 83.0 Å². The molecule has 0 aliphatic rings. The zero-order valence-corrected chi connectivity index (χ0v) is 22.4. The minimum atomic E-state index is 0.509. The number of aromatic nitrogens is 4. The summed E-state index contributed by atoms with van der Waals surface area (Å²) in [6, 6.07) is 42.0. The van der Waals surface area contributed by atoms with Crippen molar-refractivity contribution in [2.24, 2.45) is 0 Å². The summed E-state index contributed by atoms with van der Waals surface area (Å²) in [4.78, 5) is 14.8. The van der Waals surface area contributed by atoms with Crippen LogP contribution >= 0.6 is 0 Å². The first-order valence-corrected chi connectivity index (χ1v) is 13.9. The van der Waals surface area contributed by atoms with E-state index in [4.69, 9.17) is 14.4 Å². The Kier molecular flexibility index (Phi) is 4.83. The highest BCUT2D eigenvalue weighted by Gasteiger charge is 2.22. The second-order valence-corrected chi connectivity index (χ2v) is 10.5. The summed E-state index contributed by atoms with van der Waals surface area (Å²) in [7, 11) is 0. The van der Waals surface area contributed by atoms with E-state index >= 15 is 0 Å². The molecule has 0 N–H and O–H groups in total. The zero-order chi connectivity index (χ0) is 27.6. The van der Waals surface area contributed by atoms with Gasteiger partial charge in [-0.25, -0.2) is 4.98 Å². The topological polar surface area (TPSA) is 56.7 Å². The lowest BCUT2D eigenvalue weighted by Crippen LogP contribution is -2.03. The lowest BCUT2D eigenvalue weighted by molar-refractivity contribution is 0.652. The summed E-state index contributed by atoms with van der Waals surface area (Å²) in [5, 5.41) is 5.67. The monoisotopic (exact) mass is 538 g/mol. The summed E-state index contributed by atoms with van der Waals surface area (Å²) in [5.74, 6) is 0.738. The van der Waals surface area contributed by atoms with E-state index in [2.05, 4.69) is 94.5 Å². The second kappa shape index (κ2) is 8.85. The van der Waals surface area contributed by atoms with Gasteiger partial charge in [0.2, 0.25) is 5.71 Å². The number of pyridine rings is 1. The largest absolute Gasteiger partial charge is 0.436 e. The first-order chi connectivity index (χ1) is 20.8. The molecule has 5 heteroatoms. The predicted octanol–water partition coefficient (Wildman–Crippen LogP) is 9.36. The predicted molar refractivity (Wildman–Crippen MR) is 170 cm³/mol. The molecule has 5 nitrogen and oxygen atoms in total. The molecule has 5 aromatic carbocycles. The second-order valence-electron chi connectivity index (χ2n) is 10.5. The molecule has 0 amide bonds. The number of furan rings is 1. The van der Waals surface area contributed by atoms with Crippen LogP contribution in [0.5, 0.6) is 0 Å². The molecule has 0 aliphatic heterocycles. The third-order valence-corrected chi connectivity index (χ3v) is 8.08. The fourth-order valence-electron chi connectivity index (χ4n) is 6.11. The molecule has 9 rings (SSSR count). The molecule has 0 aliphatic carbocycles. The SMILES string of the molecule is c1ccc(-c2nc3c(nc2-n2c4ccccc4c4cc5ccccc5cc42)oc2cc(-c4cccnc4)ccc23)cc1. The molecule has 0 fully saturated rings. The zero-order valence-electron chi connectivity index (χ0n) is 22.4.